The Morgan fingerprint density at radius 3 is 2.31 bits per heavy atom. The molecule has 1 atom stereocenters. The van der Waals surface area contributed by atoms with Crippen LogP contribution >= 0.6 is 0 Å². The molecule has 9 nitrogen and oxygen atoms in total. The van der Waals surface area contributed by atoms with E-state index in [0.29, 0.717) is 28.8 Å². The molecule has 0 saturated carbocycles. The Labute approximate surface area is 207 Å². The van der Waals surface area contributed by atoms with Crippen LogP contribution in [0.1, 0.15) is 48.1 Å². The van der Waals surface area contributed by atoms with E-state index in [1.165, 1.54) is 13.8 Å². The van der Waals surface area contributed by atoms with E-state index < -0.39 is 29.6 Å². The highest BCUT2D eigenvalue weighted by Gasteiger charge is 2.52. The SMILES string of the molecule is Cc1c(C)[n+]([O-])c(C(c2ccc3nccnc3c2)C2C(=O)OC(C)(C)OC2=O)n1Cc1ccccc1. The normalized spacial score (nSPS) is 16.6. The highest BCUT2D eigenvalue weighted by molar-refractivity contribution is 5.98. The van der Waals surface area contributed by atoms with Gasteiger partial charge in [-0.15, -0.1) is 0 Å². The number of ether oxygens (including phenoxy) is 2. The smallest absolute Gasteiger partial charge is 0.324 e. The molecule has 1 aliphatic heterocycles. The predicted molar refractivity (Wildman–Crippen MR) is 130 cm³/mol. The Kier molecular flexibility index (Phi) is 5.70. The molecule has 0 N–H and O–H groups in total. The van der Waals surface area contributed by atoms with Crippen molar-refractivity contribution in [2.45, 2.75) is 45.9 Å². The largest absolute Gasteiger partial charge is 0.711 e. The van der Waals surface area contributed by atoms with Crippen LogP contribution in [0.5, 0.6) is 0 Å². The van der Waals surface area contributed by atoms with Gasteiger partial charge in [0.1, 0.15) is 23.9 Å². The third kappa shape index (κ3) is 4.06. The minimum atomic E-state index is -1.39. The van der Waals surface area contributed by atoms with Gasteiger partial charge < -0.3 is 14.7 Å². The molecule has 0 radical (unpaired) electrons. The van der Waals surface area contributed by atoms with Crippen molar-refractivity contribution in [2.24, 2.45) is 5.92 Å². The zero-order valence-corrected chi connectivity index (χ0v) is 20.5. The molecule has 1 saturated heterocycles. The van der Waals surface area contributed by atoms with Crippen LogP contribution in [0.25, 0.3) is 11.0 Å². The number of rotatable bonds is 5. The van der Waals surface area contributed by atoms with Crippen LogP contribution in [-0.4, -0.2) is 32.3 Å². The van der Waals surface area contributed by atoms with Gasteiger partial charge in [-0.3, -0.25) is 19.6 Å². The number of aromatic nitrogens is 4. The quantitative estimate of drug-likeness (QED) is 0.184. The summed E-state index contributed by atoms with van der Waals surface area (Å²) in [6.45, 7) is 6.94. The Morgan fingerprint density at radius 1 is 1.00 bits per heavy atom. The highest BCUT2D eigenvalue weighted by atomic mass is 16.7. The molecule has 2 aromatic carbocycles. The van der Waals surface area contributed by atoms with E-state index in [1.807, 2.05) is 41.8 Å². The number of hydrogen-bond acceptors (Lipinski definition) is 7. The van der Waals surface area contributed by atoms with E-state index in [0.717, 1.165) is 16.0 Å². The zero-order valence-electron chi connectivity index (χ0n) is 20.5. The van der Waals surface area contributed by atoms with Crippen molar-refractivity contribution in [3.8, 4) is 0 Å². The molecule has 1 unspecified atom stereocenters. The third-order valence-electron chi connectivity index (χ3n) is 6.57. The van der Waals surface area contributed by atoms with Gasteiger partial charge in [0.15, 0.2) is 5.92 Å². The fourth-order valence-electron chi connectivity index (χ4n) is 4.72. The van der Waals surface area contributed by atoms with Gasteiger partial charge in [0, 0.05) is 40.1 Å². The molecule has 3 heterocycles. The molecule has 0 amide bonds. The van der Waals surface area contributed by atoms with Gasteiger partial charge in [-0.25, -0.2) is 9.30 Å². The van der Waals surface area contributed by atoms with Gasteiger partial charge in [0.2, 0.25) is 0 Å². The minimum Gasteiger partial charge on any atom is -0.711 e. The summed E-state index contributed by atoms with van der Waals surface area (Å²) >= 11 is 0. The number of benzene rings is 2. The maximum Gasteiger partial charge on any atom is 0.324 e. The molecule has 0 bridgehead atoms. The lowest BCUT2D eigenvalue weighted by molar-refractivity contribution is -0.621. The van der Waals surface area contributed by atoms with Crippen molar-refractivity contribution >= 4 is 23.0 Å². The summed E-state index contributed by atoms with van der Waals surface area (Å²) in [4.78, 5) is 35.2. The molecule has 4 aromatic rings. The summed E-state index contributed by atoms with van der Waals surface area (Å²) in [5, 5.41) is 13.6. The van der Waals surface area contributed by atoms with E-state index in [-0.39, 0.29) is 5.82 Å². The molecule has 2 aromatic heterocycles. The number of cyclic esters (lactones) is 2. The Morgan fingerprint density at radius 2 is 1.64 bits per heavy atom. The summed E-state index contributed by atoms with van der Waals surface area (Å²) in [6.07, 6.45) is 3.15. The number of carbonyl (C=O) groups is 2. The number of esters is 2. The summed E-state index contributed by atoms with van der Waals surface area (Å²) in [5.74, 6) is -5.01. The maximum absolute atomic E-state index is 13.6. The van der Waals surface area contributed by atoms with Crippen LogP contribution in [-0.2, 0) is 25.6 Å². The number of imidazole rings is 1. The van der Waals surface area contributed by atoms with E-state index in [2.05, 4.69) is 9.97 Å². The lowest BCUT2D eigenvalue weighted by atomic mass is 9.84. The number of hydrogen-bond donors (Lipinski definition) is 0. The van der Waals surface area contributed by atoms with Crippen LogP contribution in [0.2, 0.25) is 0 Å². The molecular formula is C27H26N4O5. The van der Waals surface area contributed by atoms with Gasteiger partial charge in [-0.1, -0.05) is 36.4 Å². The van der Waals surface area contributed by atoms with Gasteiger partial charge in [-0.05, 0) is 23.3 Å². The standard InChI is InChI=1S/C27H26N4O5/c1-16-17(2)31(34)24(30(16)15-18-8-6-5-7-9-18)22(23-25(32)35-27(3,4)36-26(23)33)19-10-11-20-21(14-19)29-13-12-28-20/h5-14,22-23H,15H2,1-4H3. The van der Waals surface area contributed by atoms with Crippen LogP contribution in [0, 0.1) is 25.0 Å². The molecule has 5 rings (SSSR count). The van der Waals surface area contributed by atoms with E-state index in [4.69, 9.17) is 9.47 Å². The predicted octanol–water partition coefficient (Wildman–Crippen LogP) is 3.31. The highest BCUT2D eigenvalue weighted by Crippen LogP contribution is 2.38. The third-order valence-corrected chi connectivity index (χ3v) is 6.57. The lowest BCUT2D eigenvalue weighted by Crippen LogP contribution is -2.50. The first-order valence-electron chi connectivity index (χ1n) is 11.7. The number of carbonyl (C=O) groups excluding carboxylic acids is 2. The van der Waals surface area contributed by atoms with Crippen molar-refractivity contribution in [3.05, 3.63) is 94.5 Å². The molecule has 0 aliphatic carbocycles. The van der Waals surface area contributed by atoms with Crippen molar-refractivity contribution in [1.82, 2.24) is 14.5 Å². The lowest BCUT2D eigenvalue weighted by Gasteiger charge is -2.35. The van der Waals surface area contributed by atoms with Crippen molar-refractivity contribution in [1.29, 1.82) is 0 Å². The fraction of sp³-hybridized carbons (Fsp3) is 0.296. The average Bonchev–Trinajstić information content (AvgIpc) is 3.04. The van der Waals surface area contributed by atoms with Crippen LogP contribution in [0.3, 0.4) is 0 Å². The maximum atomic E-state index is 13.6. The fourth-order valence-corrected chi connectivity index (χ4v) is 4.72. The van der Waals surface area contributed by atoms with E-state index >= 15 is 0 Å². The van der Waals surface area contributed by atoms with Crippen LogP contribution in [0.15, 0.2) is 60.9 Å². The molecule has 1 fully saturated rings. The summed E-state index contributed by atoms with van der Waals surface area (Å²) in [5.41, 5.74) is 3.95. The minimum absolute atomic E-state index is 0.246. The Bertz CT molecular complexity index is 1460. The Balaban J connectivity index is 1.74. The monoisotopic (exact) mass is 486 g/mol. The number of nitrogens with zero attached hydrogens (tertiary/aromatic N) is 4. The zero-order chi connectivity index (χ0) is 25.6. The molecule has 9 heteroatoms. The first-order valence-corrected chi connectivity index (χ1v) is 11.7. The van der Waals surface area contributed by atoms with Crippen LogP contribution in [0.4, 0.5) is 0 Å². The van der Waals surface area contributed by atoms with Crippen LogP contribution < -0.4 is 4.73 Å². The molecule has 0 spiro atoms. The van der Waals surface area contributed by atoms with E-state index in [1.54, 1.807) is 37.5 Å². The summed E-state index contributed by atoms with van der Waals surface area (Å²) < 4.78 is 13.6. The second-order valence-corrected chi connectivity index (χ2v) is 9.40. The van der Waals surface area contributed by atoms with Gasteiger partial charge in [0.05, 0.1) is 11.0 Å². The molecule has 1 aliphatic rings. The second kappa shape index (κ2) is 8.75. The topological polar surface area (TPSA) is 110 Å². The van der Waals surface area contributed by atoms with Crippen molar-refractivity contribution in [3.63, 3.8) is 0 Å². The average molecular weight is 487 g/mol. The Hall–Kier alpha value is -4.27. The number of fused-ring (bicyclic) bond motifs is 1. The van der Waals surface area contributed by atoms with Crippen molar-refractivity contribution < 1.29 is 23.8 Å². The van der Waals surface area contributed by atoms with Gasteiger partial charge in [0.25, 0.3) is 11.6 Å². The first kappa shape index (κ1) is 23.5. The van der Waals surface area contributed by atoms with E-state index in [9.17, 15) is 14.8 Å². The first-order chi connectivity index (χ1) is 17.2. The molecule has 184 valence electrons. The second-order valence-electron chi connectivity index (χ2n) is 9.40. The molecule has 36 heavy (non-hydrogen) atoms. The summed E-state index contributed by atoms with van der Waals surface area (Å²) in [6, 6.07) is 14.9. The van der Waals surface area contributed by atoms with Gasteiger partial charge >= 0.3 is 11.9 Å². The molecular weight excluding hydrogens is 460 g/mol. The van der Waals surface area contributed by atoms with Gasteiger partial charge in [-0.2, -0.15) is 0 Å². The summed E-state index contributed by atoms with van der Waals surface area (Å²) in [7, 11) is 0. The van der Waals surface area contributed by atoms with Crippen molar-refractivity contribution in [2.75, 3.05) is 0 Å².